The van der Waals surface area contributed by atoms with Crippen molar-refractivity contribution in [3.05, 3.63) is 87.4 Å². The van der Waals surface area contributed by atoms with Crippen LogP contribution in [0.15, 0.2) is 60.7 Å². The minimum absolute atomic E-state index is 0.146. The van der Waals surface area contributed by atoms with Gasteiger partial charge in [-0.15, -0.1) is 0 Å². The SMILES string of the molecule is Cc1ccc(NCc2ccc(OCC(=O)Nc3cc(Cl)ccc3C)c(Cl)c2)cc1. The fourth-order valence-electron chi connectivity index (χ4n) is 2.71. The Labute approximate surface area is 180 Å². The number of aryl methyl sites for hydroxylation is 2. The number of carbonyl (C=O) groups is 1. The number of anilines is 2. The van der Waals surface area contributed by atoms with Gasteiger partial charge in [-0.1, -0.05) is 53.0 Å². The van der Waals surface area contributed by atoms with Crippen molar-refractivity contribution >= 4 is 40.5 Å². The average Bonchev–Trinajstić information content (AvgIpc) is 2.69. The van der Waals surface area contributed by atoms with Crippen molar-refractivity contribution in [1.82, 2.24) is 0 Å². The first-order valence-electron chi connectivity index (χ1n) is 9.18. The second-order valence-corrected chi connectivity index (χ2v) is 7.62. The zero-order valence-corrected chi connectivity index (χ0v) is 17.8. The van der Waals surface area contributed by atoms with Gasteiger partial charge < -0.3 is 15.4 Å². The van der Waals surface area contributed by atoms with E-state index in [0.717, 1.165) is 16.8 Å². The molecule has 0 unspecified atom stereocenters. The number of rotatable bonds is 7. The molecule has 0 aliphatic heterocycles. The molecule has 0 saturated heterocycles. The first kappa shape index (κ1) is 21.0. The fraction of sp³-hybridized carbons (Fsp3) is 0.174. The Balaban J connectivity index is 1.54. The molecule has 3 aromatic rings. The number of nitrogens with one attached hydrogen (secondary N) is 2. The maximum atomic E-state index is 12.2. The molecule has 0 fully saturated rings. The Hall–Kier alpha value is -2.69. The van der Waals surface area contributed by atoms with Gasteiger partial charge in [-0.3, -0.25) is 4.79 Å². The van der Waals surface area contributed by atoms with Gasteiger partial charge in [0, 0.05) is 22.9 Å². The molecule has 0 aromatic heterocycles. The summed E-state index contributed by atoms with van der Waals surface area (Å²) in [5.41, 5.74) is 4.86. The van der Waals surface area contributed by atoms with Crippen LogP contribution < -0.4 is 15.4 Å². The van der Waals surface area contributed by atoms with E-state index in [1.54, 1.807) is 18.2 Å². The van der Waals surface area contributed by atoms with E-state index in [1.165, 1.54) is 5.56 Å². The van der Waals surface area contributed by atoms with Crippen molar-refractivity contribution in [3.63, 3.8) is 0 Å². The van der Waals surface area contributed by atoms with Crippen LogP contribution in [0.25, 0.3) is 0 Å². The van der Waals surface area contributed by atoms with Crippen LogP contribution in [0, 0.1) is 13.8 Å². The third-order valence-electron chi connectivity index (χ3n) is 4.38. The van der Waals surface area contributed by atoms with Gasteiger partial charge in [0.15, 0.2) is 6.61 Å². The van der Waals surface area contributed by atoms with Gasteiger partial charge in [-0.25, -0.2) is 0 Å². The molecule has 3 rings (SSSR count). The van der Waals surface area contributed by atoms with E-state index in [1.807, 2.05) is 37.3 Å². The number of ether oxygens (including phenoxy) is 1. The standard InChI is InChI=1S/C23H22Cl2N2O2/c1-15-3-8-19(9-4-15)26-13-17-6-10-22(20(25)11-17)29-14-23(28)27-21-12-18(24)7-5-16(21)2/h3-12,26H,13-14H2,1-2H3,(H,27,28). The predicted molar refractivity (Wildman–Crippen MR) is 120 cm³/mol. The van der Waals surface area contributed by atoms with Crippen LogP contribution in [0.1, 0.15) is 16.7 Å². The van der Waals surface area contributed by atoms with Crippen molar-refractivity contribution in [1.29, 1.82) is 0 Å². The zero-order valence-electron chi connectivity index (χ0n) is 16.3. The quantitative estimate of drug-likeness (QED) is 0.468. The highest BCUT2D eigenvalue weighted by atomic mass is 35.5. The highest BCUT2D eigenvalue weighted by Gasteiger charge is 2.09. The van der Waals surface area contributed by atoms with Gasteiger partial charge in [0.1, 0.15) is 5.75 Å². The number of halogens is 2. The summed E-state index contributed by atoms with van der Waals surface area (Å²) >= 11 is 12.3. The third kappa shape index (κ3) is 6.14. The average molecular weight is 429 g/mol. The lowest BCUT2D eigenvalue weighted by Crippen LogP contribution is -2.20. The first-order chi connectivity index (χ1) is 13.9. The van der Waals surface area contributed by atoms with Gasteiger partial charge in [0.25, 0.3) is 5.91 Å². The van der Waals surface area contributed by atoms with Gasteiger partial charge in [0.05, 0.1) is 5.02 Å². The lowest BCUT2D eigenvalue weighted by molar-refractivity contribution is -0.118. The molecule has 1 amide bonds. The molecule has 0 saturated carbocycles. The fourth-order valence-corrected chi connectivity index (χ4v) is 3.14. The summed E-state index contributed by atoms with van der Waals surface area (Å²) in [5.74, 6) is 0.181. The maximum absolute atomic E-state index is 12.2. The van der Waals surface area contributed by atoms with Gasteiger partial charge in [0.2, 0.25) is 0 Å². The zero-order chi connectivity index (χ0) is 20.8. The van der Waals surface area contributed by atoms with Gasteiger partial charge >= 0.3 is 0 Å². The maximum Gasteiger partial charge on any atom is 0.262 e. The van der Waals surface area contributed by atoms with Crippen LogP contribution in [0.2, 0.25) is 10.0 Å². The van der Waals surface area contributed by atoms with E-state index in [0.29, 0.717) is 28.0 Å². The van der Waals surface area contributed by atoms with E-state index in [9.17, 15) is 4.79 Å². The summed E-state index contributed by atoms with van der Waals surface area (Å²) in [4.78, 5) is 12.2. The number of hydrogen-bond acceptors (Lipinski definition) is 3. The van der Waals surface area contributed by atoms with Gasteiger partial charge in [-0.2, -0.15) is 0 Å². The van der Waals surface area contributed by atoms with Crippen molar-refractivity contribution in [2.24, 2.45) is 0 Å². The Morgan fingerprint density at radius 2 is 1.72 bits per heavy atom. The number of hydrogen-bond donors (Lipinski definition) is 2. The highest BCUT2D eigenvalue weighted by molar-refractivity contribution is 6.32. The minimum Gasteiger partial charge on any atom is -0.482 e. The number of benzene rings is 3. The molecule has 29 heavy (non-hydrogen) atoms. The molecule has 0 aliphatic carbocycles. The van der Waals surface area contributed by atoms with Crippen molar-refractivity contribution in [3.8, 4) is 5.75 Å². The van der Waals surface area contributed by atoms with E-state index in [-0.39, 0.29) is 12.5 Å². The summed E-state index contributed by atoms with van der Waals surface area (Å²) < 4.78 is 5.57. The Bertz CT molecular complexity index is 1000. The molecule has 0 spiro atoms. The van der Waals surface area contributed by atoms with Crippen molar-refractivity contribution in [2.45, 2.75) is 20.4 Å². The molecule has 150 valence electrons. The lowest BCUT2D eigenvalue weighted by Gasteiger charge is -2.12. The smallest absolute Gasteiger partial charge is 0.262 e. The van der Waals surface area contributed by atoms with Crippen LogP contribution in [-0.2, 0) is 11.3 Å². The summed E-state index contributed by atoms with van der Waals surface area (Å²) in [6.07, 6.45) is 0. The Kier molecular flexibility index (Phi) is 7.02. The lowest BCUT2D eigenvalue weighted by atomic mass is 10.2. The summed E-state index contributed by atoms with van der Waals surface area (Å²) in [6, 6.07) is 19.0. The largest absolute Gasteiger partial charge is 0.482 e. The molecule has 3 aromatic carbocycles. The molecule has 0 radical (unpaired) electrons. The molecule has 0 atom stereocenters. The Morgan fingerprint density at radius 1 is 0.966 bits per heavy atom. The number of carbonyl (C=O) groups excluding carboxylic acids is 1. The monoisotopic (exact) mass is 428 g/mol. The normalized spacial score (nSPS) is 10.5. The highest BCUT2D eigenvalue weighted by Crippen LogP contribution is 2.26. The Morgan fingerprint density at radius 3 is 2.45 bits per heavy atom. The summed E-state index contributed by atoms with van der Waals surface area (Å²) in [6.45, 7) is 4.44. The molecule has 0 bridgehead atoms. The molecular weight excluding hydrogens is 407 g/mol. The minimum atomic E-state index is -0.281. The third-order valence-corrected chi connectivity index (χ3v) is 4.91. The van der Waals surface area contributed by atoms with Gasteiger partial charge in [-0.05, 0) is 61.4 Å². The van der Waals surface area contributed by atoms with E-state index in [2.05, 4.69) is 29.7 Å². The molecule has 4 nitrogen and oxygen atoms in total. The second kappa shape index (κ2) is 9.68. The summed E-state index contributed by atoms with van der Waals surface area (Å²) in [5, 5.41) is 7.16. The van der Waals surface area contributed by atoms with E-state index >= 15 is 0 Å². The van der Waals surface area contributed by atoms with E-state index in [4.69, 9.17) is 27.9 Å². The molecule has 0 heterocycles. The molecule has 0 aliphatic rings. The summed E-state index contributed by atoms with van der Waals surface area (Å²) in [7, 11) is 0. The molecule has 2 N–H and O–H groups in total. The molecule has 6 heteroatoms. The number of amides is 1. The second-order valence-electron chi connectivity index (χ2n) is 6.78. The first-order valence-corrected chi connectivity index (χ1v) is 9.94. The van der Waals surface area contributed by atoms with Crippen molar-refractivity contribution in [2.75, 3.05) is 17.2 Å². The van der Waals surface area contributed by atoms with Crippen LogP contribution in [-0.4, -0.2) is 12.5 Å². The van der Waals surface area contributed by atoms with Crippen molar-refractivity contribution < 1.29 is 9.53 Å². The van der Waals surface area contributed by atoms with Crippen LogP contribution in [0.5, 0.6) is 5.75 Å². The van der Waals surface area contributed by atoms with Crippen LogP contribution in [0.3, 0.4) is 0 Å². The van der Waals surface area contributed by atoms with Crippen LogP contribution >= 0.6 is 23.2 Å². The topological polar surface area (TPSA) is 50.4 Å². The van der Waals surface area contributed by atoms with E-state index < -0.39 is 0 Å². The molecular formula is C23H22Cl2N2O2. The van der Waals surface area contributed by atoms with Crippen LogP contribution in [0.4, 0.5) is 11.4 Å². The predicted octanol–water partition coefficient (Wildman–Crippen LogP) is 6.24.